The normalized spacial score (nSPS) is 17.8. The van der Waals surface area contributed by atoms with Gasteiger partial charge in [-0.3, -0.25) is 19.2 Å². The van der Waals surface area contributed by atoms with Gasteiger partial charge in [0.1, 0.15) is 4.61 Å². The number of rotatable bonds is 10. The SMILES string of the molecule is C.O=C(CC1CCCCC1)OCCl.O=C(CC1CCCCC1)OCI.O=C(Cl)CC1CCCCC1.O=C(O)CC1CCCCC1.O=S(Cl)Cl.[I-].[Na+]. The number of ether oxygens (including phenoxy) is 2. The van der Waals surface area contributed by atoms with Crippen LogP contribution in [0.1, 0.15) is 162 Å². The molecule has 8 nitrogen and oxygen atoms in total. The number of carboxylic acid groups (broad SMARTS) is 1. The summed E-state index contributed by atoms with van der Waals surface area (Å²) >= 11 is 12.6. The molecular weight excluding hydrogens is 999 g/mol. The summed E-state index contributed by atoms with van der Waals surface area (Å²) in [6, 6.07) is -0.00838. The van der Waals surface area contributed by atoms with Crippen LogP contribution in [0.3, 0.4) is 0 Å². The third kappa shape index (κ3) is 41.3. The molecule has 0 aromatic rings. The number of carbonyl (C=O) groups excluding carboxylic acids is 3. The zero-order valence-electron chi connectivity index (χ0n) is 29.7. The summed E-state index contributed by atoms with van der Waals surface area (Å²) in [5.41, 5.74) is 0. The standard InChI is InChI=1S/C9H15ClO2.C9H15IO2.C8H13ClO.C8H14O2.CH4.Cl2OS.HI.Na/c2*10-7-12-9(11)6-8-4-2-1-3-5-8;2*9-8(10)6-7-4-2-1-3-5-7;;1-4(2)3;;/h2*8H,1-7H2;7H,1-6H2;7H,1-6H2,(H,9,10);1H4;;1H;/q;;;;;;;+1/p-1. The predicted molar refractivity (Wildman–Crippen MR) is 212 cm³/mol. The third-order valence-electron chi connectivity index (χ3n) is 9.15. The smallest absolute Gasteiger partial charge is 1.00 e. The van der Waals surface area contributed by atoms with Gasteiger partial charge in [0.15, 0.2) is 6.07 Å². The molecule has 0 unspecified atom stereocenters. The van der Waals surface area contributed by atoms with Gasteiger partial charge in [-0.05, 0) is 109 Å². The number of esters is 2. The van der Waals surface area contributed by atoms with E-state index in [0.29, 0.717) is 54.0 Å². The molecule has 0 radical (unpaired) electrons. The minimum Gasteiger partial charge on any atom is -1.00 e. The van der Waals surface area contributed by atoms with Crippen LogP contribution in [-0.4, -0.2) is 43.1 Å². The van der Waals surface area contributed by atoms with Crippen molar-refractivity contribution in [1.82, 2.24) is 0 Å². The molecule has 16 heteroatoms. The van der Waals surface area contributed by atoms with Gasteiger partial charge in [0.2, 0.25) is 14.5 Å². The van der Waals surface area contributed by atoms with E-state index >= 15 is 0 Å². The Morgan fingerprint density at radius 2 is 0.882 bits per heavy atom. The van der Waals surface area contributed by atoms with E-state index in [9.17, 15) is 19.2 Å². The summed E-state index contributed by atoms with van der Waals surface area (Å²) in [7, 11) is 7.36. The summed E-state index contributed by atoms with van der Waals surface area (Å²) in [6.07, 6.45) is 27.1. The molecule has 51 heavy (non-hydrogen) atoms. The van der Waals surface area contributed by atoms with E-state index in [2.05, 4.69) is 48.7 Å². The van der Waals surface area contributed by atoms with Crippen molar-refractivity contribution >= 4 is 99.5 Å². The molecule has 0 saturated heterocycles. The molecule has 4 fully saturated rings. The Hall–Kier alpha value is 1.85. The molecule has 0 atom stereocenters. The molecule has 0 aliphatic heterocycles. The second-order valence-corrected chi connectivity index (χ2v) is 16.8. The molecule has 0 aromatic heterocycles. The molecule has 0 bridgehead atoms. The quantitative estimate of drug-likeness (QED) is 0.0925. The Morgan fingerprint density at radius 1 is 0.608 bits per heavy atom. The van der Waals surface area contributed by atoms with E-state index in [1.807, 2.05) is 0 Å². The summed E-state index contributed by atoms with van der Waals surface area (Å²) < 4.78 is 19.1. The predicted octanol–water partition coefficient (Wildman–Crippen LogP) is 6.04. The van der Waals surface area contributed by atoms with Crippen molar-refractivity contribution in [2.75, 3.05) is 10.7 Å². The molecule has 1 N–H and O–H groups in total. The van der Waals surface area contributed by atoms with E-state index in [4.69, 9.17) is 37.3 Å². The van der Waals surface area contributed by atoms with Crippen LogP contribution in [0.5, 0.6) is 0 Å². The maximum atomic E-state index is 11.1. The topological polar surface area (TPSA) is 124 Å². The Labute approximate surface area is 382 Å². The second-order valence-electron chi connectivity index (χ2n) is 13.0. The zero-order valence-corrected chi connectivity index (χ0v) is 39.8. The van der Waals surface area contributed by atoms with E-state index < -0.39 is 15.2 Å². The van der Waals surface area contributed by atoms with Crippen LogP contribution in [0.15, 0.2) is 0 Å². The van der Waals surface area contributed by atoms with Gasteiger partial charge >= 0.3 is 47.5 Å². The van der Waals surface area contributed by atoms with Crippen molar-refractivity contribution in [3.8, 4) is 0 Å². The molecule has 0 heterocycles. The average Bonchev–Trinajstić information content (AvgIpc) is 3.03. The number of hydrogen-bond acceptors (Lipinski definition) is 7. The Kier molecular flexibility index (Phi) is 48.4. The van der Waals surface area contributed by atoms with Crippen LogP contribution >= 0.6 is 67.2 Å². The molecule has 4 saturated carbocycles. The average molecular weight is 1060 g/mol. The molecule has 4 rings (SSSR count). The fraction of sp³-hybridized carbons (Fsp3) is 0.886. The van der Waals surface area contributed by atoms with Gasteiger partial charge in [0, 0.05) is 47.0 Å². The maximum Gasteiger partial charge on any atom is 1.00 e. The molecule has 4 aliphatic rings. The van der Waals surface area contributed by atoms with Crippen molar-refractivity contribution in [2.24, 2.45) is 23.7 Å². The van der Waals surface area contributed by atoms with Gasteiger partial charge in [-0.1, -0.05) is 96.1 Å². The van der Waals surface area contributed by atoms with Gasteiger partial charge < -0.3 is 38.6 Å². The monoisotopic (exact) mass is 1060 g/mol. The number of alkyl halides is 2. The van der Waals surface area contributed by atoms with E-state index in [1.165, 1.54) is 116 Å². The van der Waals surface area contributed by atoms with Crippen molar-refractivity contribution in [3.63, 3.8) is 0 Å². The Morgan fingerprint density at radius 3 is 1.14 bits per heavy atom. The number of halogens is 6. The van der Waals surface area contributed by atoms with Crippen LogP contribution in [-0.2, 0) is 37.9 Å². The molecule has 4 aliphatic carbocycles. The number of carbonyl (C=O) groups is 4. The Balaban J connectivity index is -0.000000274. The molecule has 0 amide bonds. The third-order valence-corrected chi connectivity index (χ3v) is 9.73. The van der Waals surface area contributed by atoms with Crippen LogP contribution in [0, 0.1) is 23.7 Å². The van der Waals surface area contributed by atoms with Crippen molar-refractivity contribution < 1.29 is 91.5 Å². The van der Waals surface area contributed by atoms with Crippen LogP contribution in [0.25, 0.3) is 0 Å². The van der Waals surface area contributed by atoms with Crippen molar-refractivity contribution in [3.05, 3.63) is 0 Å². The number of hydrogen-bond donors (Lipinski definition) is 1. The van der Waals surface area contributed by atoms with Gasteiger partial charge in [-0.15, -0.1) is 0 Å². The minimum absolute atomic E-state index is 0. The largest absolute Gasteiger partial charge is 1.00 e. The first kappa shape index (κ1) is 59.5. The van der Waals surface area contributed by atoms with E-state index in [-0.39, 0.29) is 84.2 Å². The molecular formula is C35H61Cl4I2NaO8S. The zero-order chi connectivity index (χ0) is 36.0. The van der Waals surface area contributed by atoms with E-state index in [1.54, 1.807) is 0 Å². The van der Waals surface area contributed by atoms with Gasteiger partial charge in [0.05, 0.1) is 0 Å². The molecule has 0 spiro atoms. The summed E-state index contributed by atoms with van der Waals surface area (Å²) in [5.74, 6) is 1.44. The van der Waals surface area contributed by atoms with Crippen LogP contribution < -0.4 is 53.5 Å². The van der Waals surface area contributed by atoms with Gasteiger partial charge in [-0.2, -0.15) is 0 Å². The van der Waals surface area contributed by atoms with Crippen LogP contribution in [0.2, 0.25) is 0 Å². The minimum atomic E-state index is -1.67. The first-order valence-corrected chi connectivity index (χ1v) is 22.8. The number of carboxylic acids is 1. The Bertz CT molecular complexity index is 822. The molecule has 298 valence electrons. The van der Waals surface area contributed by atoms with Gasteiger partial charge in [-0.25, -0.2) is 4.21 Å². The summed E-state index contributed by atoms with van der Waals surface area (Å²) in [6.45, 7) is 0. The first-order valence-electron chi connectivity index (χ1n) is 17.5. The maximum absolute atomic E-state index is 11.1. The number of aliphatic carboxylic acids is 1. The second kappa shape index (κ2) is 41.5. The van der Waals surface area contributed by atoms with Crippen molar-refractivity contribution in [2.45, 2.75) is 162 Å². The fourth-order valence-electron chi connectivity index (χ4n) is 6.75. The fourth-order valence-corrected chi connectivity index (χ4v) is 7.44. The van der Waals surface area contributed by atoms with Crippen molar-refractivity contribution in [1.29, 1.82) is 0 Å². The summed E-state index contributed by atoms with van der Waals surface area (Å²) in [4.78, 5) is 42.8. The van der Waals surface area contributed by atoms with Crippen LogP contribution in [0.4, 0.5) is 0 Å². The van der Waals surface area contributed by atoms with Gasteiger partial charge in [0.25, 0.3) is 0 Å². The molecule has 0 aromatic carbocycles. The first-order chi connectivity index (χ1) is 23.0. The van der Waals surface area contributed by atoms with E-state index in [0.717, 1.165) is 12.8 Å². The summed E-state index contributed by atoms with van der Waals surface area (Å²) in [5, 5.41) is 8.31.